The average molecular weight is 383 g/mol. The van der Waals surface area contributed by atoms with Crippen LogP contribution in [0.2, 0.25) is 0 Å². The Morgan fingerprint density at radius 1 is 1.25 bits per heavy atom. The summed E-state index contributed by atoms with van der Waals surface area (Å²) in [6, 6.07) is 7.48. The first-order valence-electron chi connectivity index (χ1n) is 10.4. The third kappa shape index (κ3) is 4.07. The molecule has 2 amide bonds. The van der Waals surface area contributed by atoms with E-state index in [1.807, 2.05) is 35.4 Å². The van der Waals surface area contributed by atoms with Crippen LogP contribution in [0, 0.1) is 5.92 Å². The molecule has 0 saturated carbocycles. The van der Waals surface area contributed by atoms with E-state index in [4.69, 9.17) is 4.74 Å². The van der Waals surface area contributed by atoms with Crippen molar-refractivity contribution >= 4 is 22.7 Å². The number of likely N-dealkylation sites (tertiary alicyclic amines) is 1. The monoisotopic (exact) mass is 383 g/mol. The van der Waals surface area contributed by atoms with Gasteiger partial charge in [0.1, 0.15) is 12.1 Å². The Labute approximate surface area is 165 Å². The highest BCUT2D eigenvalue weighted by Gasteiger charge is 2.32. The van der Waals surface area contributed by atoms with Crippen LogP contribution in [0.5, 0.6) is 0 Å². The Hall–Kier alpha value is -2.34. The quantitative estimate of drug-likeness (QED) is 0.834. The maximum absolute atomic E-state index is 13.3. The predicted molar refractivity (Wildman–Crippen MR) is 108 cm³/mol. The molecule has 0 radical (unpaired) electrons. The number of fused-ring (bicyclic) bond motifs is 1. The zero-order valence-corrected chi connectivity index (χ0v) is 16.4. The van der Waals surface area contributed by atoms with Gasteiger partial charge in [0.25, 0.3) is 0 Å². The number of carbonyl (C=O) groups excluding carboxylic acids is 2. The molecule has 2 saturated heterocycles. The molecule has 3 heterocycles. The molecule has 0 bridgehead atoms. The predicted octanol–water partition coefficient (Wildman–Crippen LogP) is 2.63. The number of aromatic amines is 1. The molecule has 4 rings (SSSR count). The smallest absolute Gasteiger partial charge is 0.249 e. The minimum Gasteiger partial charge on any atom is -0.368 e. The van der Waals surface area contributed by atoms with Crippen LogP contribution >= 0.6 is 0 Å². The highest BCUT2D eigenvalue weighted by molar-refractivity contribution is 5.91. The first kappa shape index (κ1) is 19.0. The number of amides is 2. The lowest BCUT2D eigenvalue weighted by molar-refractivity contribution is -0.140. The Morgan fingerprint density at radius 3 is 2.79 bits per heavy atom. The van der Waals surface area contributed by atoms with E-state index in [-0.39, 0.29) is 11.8 Å². The fourth-order valence-corrected chi connectivity index (χ4v) is 4.22. The van der Waals surface area contributed by atoms with Crippen LogP contribution in [0.3, 0.4) is 0 Å². The van der Waals surface area contributed by atoms with Crippen molar-refractivity contribution in [2.24, 2.45) is 5.92 Å². The Balaban J connectivity index is 1.53. The van der Waals surface area contributed by atoms with Crippen molar-refractivity contribution in [1.29, 1.82) is 0 Å². The van der Waals surface area contributed by atoms with Gasteiger partial charge in [-0.15, -0.1) is 0 Å². The van der Waals surface area contributed by atoms with Gasteiger partial charge in [-0.1, -0.05) is 25.1 Å². The van der Waals surface area contributed by atoms with Crippen molar-refractivity contribution in [2.75, 3.05) is 19.7 Å². The number of carbonyl (C=O) groups is 2. The van der Waals surface area contributed by atoms with Crippen molar-refractivity contribution in [3.8, 4) is 0 Å². The van der Waals surface area contributed by atoms with Crippen LogP contribution in [0.4, 0.5) is 0 Å². The van der Waals surface area contributed by atoms with Gasteiger partial charge in [-0.3, -0.25) is 9.59 Å². The summed E-state index contributed by atoms with van der Waals surface area (Å²) in [5.41, 5.74) is 2.09. The average Bonchev–Trinajstić information content (AvgIpc) is 3.38. The molecular formula is C22H29N3O3. The van der Waals surface area contributed by atoms with Crippen molar-refractivity contribution in [2.45, 2.75) is 51.2 Å². The third-order valence-electron chi connectivity index (χ3n) is 6.03. The number of hydrogen-bond acceptors (Lipinski definition) is 3. The summed E-state index contributed by atoms with van der Waals surface area (Å²) in [4.78, 5) is 31.1. The normalized spacial score (nSPS) is 21.8. The lowest BCUT2D eigenvalue weighted by Crippen LogP contribution is -2.53. The van der Waals surface area contributed by atoms with Gasteiger partial charge < -0.3 is 19.9 Å². The van der Waals surface area contributed by atoms with Gasteiger partial charge >= 0.3 is 0 Å². The number of H-pyrrole nitrogens is 1. The lowest BCUT2D eigenvalue weighted by Gasteiger charge is -2.33. The van der Waals surface area contributed by atoms with Crippen LogP contribution in [0.15, 0.2) is 30.5 Å². The number of rotatable bonds is 5. The highest BCUT2D eigenvalue weighted by Crippen LogP contribution is 2.22. The second-order valence-corrected chi connectivity index (χ2v) is 8.13. The zero-order valence-electron chi connectivity index (χ0n) is 16.4. The Kier molecular flexibility index (Phi) is 5.67. The van der Waals surface area contributed by atoms with Crippen molar-refractivity contribution < 1.29 is 14.3 Å². The molecule has 6 heteroatoms. The van der Waals surface area contributed by atoms with E-state index in [0.717, 1.165) is 55.2 Å². The number of piperidine rings is 1. The van der Waals surface area contributed by atoms with E-state index in [1.165, 1.54) is 0 Å². The lowest BCUT2D eigenvalue weighted by atomic mass is 9.97. The number of nitrogens with zero attached hydrogens (tertiary/aromatic N) is 1. The second-order valence-electron chi connectivity index (χ2n) is 8.13. The third-order valence-corrected chi connectivity index (χ3v) is 6.03. The minimum atomic E-state index is -0.565. The molecule has 0 aliphatic carbocycles. The van der Waals surface area contributed by atoms with Crippen LogP contribution in [0.25, 0.3) is 10.9 Å². The summed E-state index contributed by atoms with van der Waals surface area (Å²) in [6.45, 7) is 4.37. The first-order chi connectivity index (χ1) is 13.6. The summed E-state index contributed by atoms with van der Waals surface area (Å²) >= 11 is 0. The molecule has 2 aromatic rings. The zero-order chi connectivity index (χ0) is 19.5. The number of benzene rings is 1. The van der Waals surface area contributed by atoms with Gasteiger partial charge in [0.05, 0.1) is 0 Å². The molecule has 2 atom stereocenters. The van der Waals surface area contributed by atoms with Gasteiger partial charge in [-0.25, -0.2) is 0 Å². The molecule has 2 aliphatic rings. The van der Waals surface area contributed by atoms with Gasteiger partial charge in [-0.05, 0) is 43.2 Å². The van der Waals surface area contributed by atoms with E-state index in [2.05, 4.69) is 17.2 Å². The van der Waals surface area contributed by atoms with Crippen LogP contribution in [0.1, 0.15) is 38.2 Å². The number of para-hydroxylation sites is 1. The van der Waals surface area contributed by atoms with Crippen molar-refractivity contribution in [1.82, 2.24) is 15.2 Å². The summed E-state index contributed by atoms with van der Waals surface area (Å²) in [7, 11) is 0. The van der Waals surface area contributed by atoms with E-state index < -0.39 is 12.1 Å². The van der Waals surface area contributed by atoms with E-state index in [0.29, 0.717) is 18.9 Å². The maximum Gasteiger partial charge on any atom is 0.249 e. The number of hydrogen-bond donors (Lipinski definition) is 2. The standard InChI is InChI=1S/C22H29N3O3/c1-15-8-10-25(11-9-15)22(27)19(24-21(26)20-7-4-12-28-20)13-16-14-23-18-6-3-2-5-17(16)18/h2-3,5-6,14-15,19-20,23H,4,7-13H2,1H3,(H,24,26)/t19-,20?/m0/s1. The molecule has 0 spiro atoms. The SMILES string of the molecule is CC1CCN(C(=O)[C@H](Cc2c[nH]c3ccccc23)NC(=O)C2CCCO2)CC1. The number of nitrogens with one attached hydrogen (secondary N) is 2. The molecule has 1 aromatic heterocycles. The molecule has 2 fully saturated rings. The molecule has 150 valence electrons. The second kappa shape index (κ2) is 8.35. The fraction of sp³-hybridized carbons (Fsp3) is 0.545. The minimum absolute atomic E-state index is 0.0172. The molecular weight excluding hydrogens is 354 g/mol. The van der Waals surface area contributed by atoms with Gasteiger partial charge in [0.2, 0.25) is 11.8 Å². The molecule has 1 aromatic carbocycles. The maximum atomic E-state index is 13.3. The molecule has 1 unspecified atom stereocenters. The van der Waals surface area contributed by atoms with Gasteiger partial charge in [-0.2, -0.15) is 0 Å². The van der Waals surface area contributed by atoms with E-state index in [9.17, 15) is 9.59 Å². The van der Waals surface area contributed by atoms with Crippen molar-refractivity contribution in [3.05, 3.63) is 36.0 Å². The van der Waals surface area contributed by atoms with E-state index in [1.54, 1.807) is 0 Å². The molecule has 2 aliphatic heterocycles. The number of ether oxygens (including phenoxy) is 1. The molecule has 6 nitrogen and oxygen atoms in total. The first-order valence-corrected chi connectivity index (χ1v) is 10.4. The van der Waals surface area contributed by atoms with Gasteiger partial charge in [0, 0.05) is 43.2 Å². The van der Waals surface area contributed by atoms with Crippen LogP contribution in [-0.2, 0) is 20.7 Å². The summed E-state index contributed by atoms with van der Waals surface area (Å²) in [5.74, 6) is 0.502. The molecule has 2 N–H and O–H groups in total. The van der Waals surface area contributed by atoms with Crippen LogP contribution in [-0.4, -0.2) is 53.5 Å². The van der Waals surface area contributed by atoms with Gasteiger partial charge in [0.15, 0.2) is 0 Å². The van der Waals surface area contributed by atoms with Crippen molar-refractivity contribution in [3.63, 3.8) is 0 Å². The topological polar surface area (TPSA) is 74.4 Å². The fourth-order valence-electron chi connectivity index (χ4n) is 4.22. The summed E-state index contributed by atoms with van der Waals surface area (Å²) in [5, 5.41) is 4.10. The number of aromatic nitrogens is 1. The Bertz CT molecular complexity index is 832. The molecule has 28 heavy (non-hydrogen) atoms. The van der Waals surface area contributed by atoms with Crippen LogP contribution < -0.4 is 5.32 Å². The van der Waals surface area contributed by atoms with E-state index >= 15 is 0 Å². The summed E-state index contributed by atoms with van der Waals surface area (Å²) in [6.07, 6.45) is 5.65. The largest absolute Gasteiger partial charge is 0.368 e. The Morgan fingerprint density at radius 2 is 2.04 bits per heavy atom. The summed E-state index contributed by atoms with van der Waals surface area (Å²) < 4.78 is 5.52. The highest BCUT2D eigenvalue weighted by atomic mass is 16.5.